The van der Waals surface area contributed by atoms with E-state index in [0.29, 0.717) is 16.8 Å². The Bertz CT molecular complexity index is 506. The van der Waals surface area contributed by atoms with E-state index in [0.717, 1.165) is 19.5 Å². The van der Waals surface area contributed by atoms with Gasteiger partial charge in [-0.1, -0.05) is 0 Å². The van der Waals surface area contributed by atoms with Gasteiger partial charge in [0.15, 0.2) is 5.58 Å². The van der Waals surface area contributed by atoms with Gasteiger partial charge in [0.2, 0.25) is 0 Å². The molecule has 84 valence electrons. The number of benzene rings is 1. The number of aromatic nitrogens is 1. The van der Waals surface area contributed by atoms with Crippen molar-refractivity contribution in [3.8, 4) is 5.88 Å². The smallest absolute Gasteiger partial charge is 0.262 e. The van der Waals surface area contributed by atoms with Gasteiger partial charge in [0.25, 0.3) is 5.88 Å². The summed E-state index contributed by atoms with van der Waals surface area (Å²) in [6.07, 6.45) is 1.03. The van der Waals surface area contributed by atoms with E-state index in [-0.39, 0.29) is 11.9 Å². The topological polar surface area (TPSA) is 47.3 Å². The molecule has 1 aliphatic heterocycles. The van der Waals surface area contributed by atoms with Crippen LogP contribution in [0.4, 0.5) is 4.39 Å². The van der Waals surface area contributed by atoms with Gasteiger partial charge in [-0.15, -0.1) is 0 Å². The van der Waals surface area contributed by atoms with E-state index < -0.39 is 0 Å². The summed E-state index contributed by atoms with van der Waals surface area (Å²) in [5.74, 6) is 0.0632. The number of halogens is 1. The quantitative estimate of drug-likeness (QED) is 0.840. The van der Waals surface area contributed by atoms with Gasteiger partial charge in [0.1, 0.15) is 11.9 Å². The fourth-order valence-electron chi connectivity index (χ4n) is 1.86. The van der Waals surface area contributed by atoms with Crippen LogP contribution in [0.1, 0.15) is 6.42 Å². The minimum absolute atomic E-state index is 0.0940. The first kappa shape index (κ1) is 9.59. The lowest BCUT2D eigenvalue weighted by atomic mass is 10.2. The van der Waals surface area contributed by atoms with Gasteiger partial charge in [0, 0.05) is 6.54 Å². The van der Waals surface area contributed by atoms with Crippen LogP contribution in [-0.2, 0) is 0 Å². The Labute approximate surface area is 91.4 Å². The molecular weight excluding hydrogens is 211 g/mol. The lowest BCUT2D eigenvalue weighted by Gasteiger charge is -2.08. The monoisotopic (exact) mass is 222 g/mol. The molecule has 1 aliphatic rings. The summed E-state index contributed by atoms with van der Waals surface area (Å²) >= 11 is 0. The summed E-state index contributed by atoms with van der Waals surface area (Å²) < 4.78 is 23.8. The molecule has 1 saturated heterocycles. The maximum absolute atomic E-state index is 13.1. The number of fused-ring (bicyclic) bond motifs is 1. The fraction of sp³-hybridized carbons (Fsp3) is 0.364. The van der Waals surface area contributed by atoms with Gasteiger partial charge in [-0.25, -0.2) is 4.39 Å². The summed E-state index contributed by atoms with van der Waals surface area (Å²) in [6.45, 7) is 1.73. The van der Waals surface area contributed by atoms with Gasteiger partial charge in [-0.2, -0.15) is 0 Å². The minimum atomic E-state index is -0.315. The largest absolute Gasteiger partial charge is 0.470 e. The number of hydrogen-bond donors (Lipinski definition) is 1. The molecule has 1 unspecified atom stereocenters. The predicted molar refractivity (Wildman–Crippen MR) is 55.9 cm³/mol. The maximum atomic E-state index is 13.1. The Morgan fingerprint density at radius 2 is 2.44 bits per heavy atom. The molecule has 1 fully saturated rings. The zero-order chi connectivity index (χ0) is 11.0. The molecule has 5 heteroatoms. The number of rotatable bonds is 2. The third kappa shape index (κ3) is 1.63. The maximum Gasteiger partial charge on any atom is 0.262 e. The first-order valence-electron chi connectivity index (χ1n) is 5.25. The summed E-state index contributed by atoms with van der Waals surface area (Å²) in [5.41, 5.74) is 0.544. The standard InChI is InChI=1S/C11H11FN2O2/c12-7-1-2-10-9(5-7)11(14-16-10)15-8-3-4-13-6-8/h1-2,5,8,13H,3-4,6H2. The van der Waals surface area contributed by atoms with E-state index in [1.807, 2.05) is 0 Å². The molecule has 1 aromatic heterocycles. The highest BCUT2D eigenvalue weighted by atomic mass is 19.1. The Balaban J connectivity index is 1.93. The van der Waals surface area contributed by atoms with Gasteiger partial charge in [0.05, 0.1) is 5.39 Å². The third-order valence-electron chi connectivity index (χ3n) is 2.69. The second kappa shape index (κ2) is 3.75. The molecule has 4 nitrogen and oxygen atoms in total. The summed E-state index contributed by atoms with van der Waals surface area (Å²) in [4.78, 5) is 0. The van der Waals surface area contributed by atoms with Crippen molar-refractivity contribution in [3.63, 3.8) is 0 Å². The molecule has 2 heterocycles. The van der Waals surface area contributed by atoms with Gasteiger partial charge in [-0.3, -0.25) is 0 Å². The normalized spacial score (nSPS) is 20.4. The van der Waals surface area contributed by atoms with Crippen molar-refractivity contribution in [2.75, 3.05) is 13.1 Å². The van der Waals surface area contributed by atoms with Gasteiger partial charge in [-0.05, 0) is 36.3 Å². The van der Waals surface area contributed by atoms with Crippen LogP contribution in [0.25, 0.3) is 11.0 Å². The molecule has 0 aliphatic carbocycles. The van der Waals surface area contributed by atoms with E-state index in [1.54, 1.807) is 6.07 Å². The van der Waals surface area contributed by atoms with Crippen molar-refractivity contribution in [2.24, 2.45) is 0 Å². The average Bonchev–Trinajstić information content (AvgIpc) is 2.90. The van der Waals surface area contributed by atoms with Crippen LogP contribution in [-0.4, -0.2) is 24.4 Å². The highest BCUT2D eigenvalue weighted by Crippen LogP contribution is 2.26. The first-order valence-corrected chi connectivity index (χ1v) is 5.25. The van der Waals surface area contributed by atoms with Crippen molar-refractivity contribution in [1.29, 1.82) is 0 Å². The van der Waals surface area contributed by atoms with E-state index in [4.69, 9.17) is 9.26 Å². The van der Waals surface area contributed by atoms with Crippen LogP contribution in [0.3, 0.4) is 0 Å². The molecule has 16 heavy (non-hydrogen) atoms. The van der Waals surface area contributed by atoms with Crippen molar-refractivity contribution >= 4 is 11.0 Å². The molecule has 0 bridgehead atoms. The van der Waals surface area contributed by atoms with Crippen LogP contribution in [0.15, 0.2) is 22.7 Å². The third-order valence-corrected chi connectivity index (χ3v) is 2.69. The van der Waals surface area contributed by atoms with Crippen LogP contribution >= 0.6 is 0 Å². The van der Waals surface area contributed by atoms with Gasteiger partial charge < -0.3 is 14.6 Å². The summed E-state index contributed by atoms with van der Waals surface area (Å²) in [7, 11) is 0. The van der Waals surface area contributed by atoms with E-state index in [1.165, 1.54) is 12.1 Å². The number of nitrogens with zero attached hydrogens (tertiary/aromatic N) is 1. The van der Waals surface area contributed by atoms with E-state index in [9.17, 15) is 4.39 Å². The zero-order valence-corrected chi connectivity index (χ0v) is 8.57. The van der Waals surface area contributed by atoms with Crippen LogP contribution in [0, 0.1) is 5.82 Å². The molecule has 3 rings (SSSR count). The lowest BCUT2D eigenvalue weighted by molar-refractivity contribution is 0.204. The highest BCUT2D eigenvalue weighted by Gasteiger charge is 2.19. The zero-order valence-electron chi connectivity index (χ0n) is 8.57. The number of ether oxygens (including phenoxy) is 1. The Morgan fingerprint density at radius 3 is 3.25 bits per heavy atom. The number of nitrogens with one attached hydrogen (secondary N) is 1. The average molecular weight is 222 g/mol. The molecule has 1 aromatic carbocycles. The first-order chi connectivity index (χ1) is 7.83. The van der Waals surface area contributed by atoms with E-state index in [2.05, 4.69) is 10.5 Å². The predicted octanol–water partition coefficient (Wildman–Crippen LogP) is 1.71. The molecule has 0 amide bonds. The lowest BCUT2D eigenvalue weighted by Crippen LogP contribution is -2.19. The highest BCUT2D eigenvalue weighted by molar-refractivity contribution is 5.82. The van der Waals surface area contributed by atoms with E-state index >= 15 is 0 Å². The fourth-order valence-corrected chi connectivity index (χ4v) is 1.86. The minimum Gasteiger partial charge on any atom is -0.470 e. The molecular formula is C11H11FN2O2. The molecule has 1 atom stereocenters. The second-order valence-corrected chi connectivity index (χ2v) is 3.86. The molecule has 0 saturated carbocycles. The van der Waals surface area contributed by atoms with Crippen molar-refractivity contribution in [1.82, 2.24) is 10.5 Å². The molecule has 2 aromatic rings. The SMILES string of the molecule is Fc1ccc2onc(OC3CCNC3)c2c1. The summed E-state index contributed by atoms with van der Waals surface area (Å²) in [5, 5.41) is 7.58. The number of hydrogen-bond acceptors (Lipinski definition) is 4. The molecule has 1 N–H and O–H groups in total. The van der Waals surface area contributed by atoms with Crippen molar-refractivity contribution in [2.45, 2.75) is 12.5 Å². The second-order valence-electron chi connectivity index (χ2n) is 3.86. The van der Waals surface area contributed by atoms with Crippen LogP contribution < -0.4 is 10.1 Å². The molecule has 0 radical (unpaired) electrons. The van der Waals surface area contributed by atoms with Crippen LogP contribution in [0.5, 0.6) is 5.88 Å². The summed E-state index contributed by atoms with van der Waals surface area (Å²) in [6, 6.07) is 4.27. The molecule has 0 spiro atoms. The Hall–Kier alpha value is -1.62. The van der Waals surface area contributed by atoms with Crippen molar-refractivity contribution < 1.29 is 13.7 Å². The Morgan fingerprint density at radius 1 is 1.50 bits per heavy atom. The van der Waals surface area contributed by atoms with Gasteiger partial charge >= 0.3 is 0 Å². The van der Waals surface area contributed by atoms with Crippen molar-refractivity contribution in [3.05, 3.63) is 24.0 Å². The Kier molecular flexibility index (Phi) is 2.25. The van der Waals surface area contributed by atoms with Crippen LogP contribution in [0.2, 0.25) is 0 Å².